The third-order valence-electron chi connectivity index (χ3n) is 2.64. The van der Waals surface area contributed by atoms with E-state index >= 15 is 0 Å². The van der Waals surface area contributed by atoms with Crippen molar-refractivity contribution in [2.45, 2.75) is 13.1 Å². The van der Waals surface area contributed by atoms with E-state index in [4.69, 9.17) is 16.9 Å². The van der Waals surface area contributed by atoms with Gasteiger partial charge in [-0.3, -0.25) is 0 Å². The summed E-state index contributed by atoms with van der Waals surface area (Å²) in [5.74, 6) is 0.257. The van der Waals surface area contributed by atoms with Crippen molar-refractivity contribution in [2.75, 3.05) is 5.32 Å². The van der Waals surface area contributed by atoms with Crippen molar-refractivity contribution in [3.63, 3.8) is 0 Å². The largest absolute Gasteiger partial charge is 0.416 e. The number of rotatable bonds is 2. The predicted octanol–water partition coefficient (Wildman–Crippen LogP) is 4.68. The van der Waals surface area contributed by atoms with Crippen LogP contribution in [0.15, 0.2) is 30.3 Å². The maximum atomic E-state index is 12.7. The third-order valence-corrected chi connectivity index (χ3v) is 2.97. The van der Waals surface area contributed by atoms with Gasteiger partial charge in [-0.1, -0.05) is 11.6 Å². The quantitative estimate of drug-likeness (QED) is 0.876. The molecule has 1 aromatic heterocycles. The first-order valence-electron chi connectivity index (χ1n) is 5.82. The summed E-state index contributed by atoms with van der Waals surface area (Å²) in [6.45, 7) is 1.68. The number of pyridine rings is 1. The number of aryl methyl sites for hydroxylation is 1. The summed E-state index contributed by atoms with van der Waals surface area (Å²) in [6.07, 6.45) is -4.46. The molecule has 2 rings (SSSR count). The van der Waals surface area contributed by atoms with Gasteiger partial charge in [-0.2, -0.15) is 18.4 Å². The normalized spacial score (nSPS) is 11.0. The van der Waals surface area contributed by atoms with Crippen LogP contribution in [0.4, 0.5) is 24.7 Å². The van der Waals surface area contributed by atoms with E-state index in [1.807, 2.05) is 6.07 Å². The van der Waals surface area contributed by atoms with E-state index in [1.165, 1.54) is 6.07 Å². The predicted molar refractivity (Wildman–Crippen MR) is 73.4 cm³/mol. The number of alkyl halides is 3. The Morgan fingerprint density at radius 3 is 2.57 bits per heavy atom. The number of nitrogens with one attached hydrogen (secondary N) is 1. The fraction of sp³-hybridized carbons (Fsp3) is 0.143. The number of halogens is 4. The van der Waals surface area contributed by atoms with Gasteiger partial charge in [-0.25, -0.2) is 4.98 Å². The summed E-state index contributed by atoms with van der Waals surface area (Å²) in [5, 5.41) is 11.7. The molecule has 0 spiro atoms. The highest BCUT2D eigenvalue weighted by Gasteiger charge is 2.31. The highest BCUT2D eigenvalue weighted by Crippen LogP contribution is 2.34. The van der Waals surface area contributed by atoms with Crippen LogP contribution in [0.2, 0.25) is 5.02 Å². The topological polar surface area (TPSA) is 48.7 Å². The lowest BCUT2D eigenvalue weighted by atomic mass is 10.2. The Bertz CT molecular complexity index is 720. The number of nitrogens with zero attached hydrogens (tertiary/aromatic N) is 2. The van der Waals surface area contributed by atoms with Gasteiger partial charge in [0, 0.05) is 5.69 Å². The molecule has 1 heterocycles. The van der Waals surface area contributed by atoms with Gasteiger partial charge in [0.1, 0.15) is 5.82 Å². The summed E-state index contributed by atoms with van der Waals surface area (Å²) >= 11 is 5.89. The van der Waals surface area contributed by atoms with Gasteiger partial charge >= 0.3 is 6.18 Å². The zero-order valence-electron chi connectivity index (χ0n) is 10.8. The lowest BCUT2D eigenvalue weighted by Crippen LogP contribution is -2.06. The molecule has 108 valence electrons. The van der Waals surface area contributed by atoms with Crippen molar-refractivity contribution < 1.29 is 13.2 Å². The Morgan fingerprint density at radius 2 is 1.95 bits per heavy atom. The molecule has 0 radical (unpaired) electrons. The van der Waals surface area contributed by atoms with Gasteiger partial charge in [0.05, 0.1) is 27.9 Å². The summed E-state index contributed by atoms with van der Waals surface area (Å²) < 4.78 is 38.1. The number of nitriles is 1. The summed E-state index contributed by atoms with van der Waals surface area (Å²) in [4.78, 5) is 4.11. The molecule has 1 N–H and O–H groups in total. The minimum absolute atomic E-state index is 0.0773. The summed E-state index contributed by atoms with van der Waals surface area (Å²) in [5.41, 5.74) is 0.184. The van der Waals surface area contributed by atoms with Gasteiger partial charge in [0.15, 0.2) is 0 Å². The zero-order chi connectivity index (χ0) is 15.6. The molecule has 0 aliphatic rings. The molecule has 21 heavy (non-hydrogen) atoms. The molecule has 2 aromatic rings. The molecule has 7 heteroatoms. The fourth-order valence-electron chi connectivity index (χ4n) is 1.73. The maximum absolute atomic E-state index is 12.7. The average Bonchev–Trinajstić information content (AvgIpc) is 2.39. The minimum atomic E-state index is -4.46. The van der Waals surface area contributed by atoms with Crippen LogP contribution in [0.3, 0.4) is 0 Å². The lowest BCUT2D eigenvalue weighted by Gasteiger charge is -2.12. The van der Waals surface area contributed by atoms with E-state index in [-0.39, 0.29) is 16.5 Å². The molecule has 0 atom stereocenters. The molecule has 0 aliphatic carbocycles. The molecule has 0 bridgehead atoms. The molecular formula is C14H9ClF3N3. The van der Waals surface area contributed by atoms with Crippen molar-refractivity contribution in [3.05, 3.63) is 52.2 Å². The van der Waals surface area contributed by atoms with E-state index in [9.17, 15) is 13.2 Å². The Labute approximate surface area is 124 Å². The molecule has 0 saturated heterocycles. The molecule has 0 fully saturated rings. The Morgan fingerprint density at radius 1 is 1.24 bits per heavy atom. The Kier molecular flexibility index (Phi) is 4.05. The molecule has 0 saturated carbocycles. The number of aromatic nitrogens is 1. The van der Waals surface area contributed by atoms with Crippen LogP contribution >= 0.6 is 11.6 Å². The van der Waals surface area contributed by atoms with E-state index in [0.29, 0.717) is 11.3 Å². The highest BCUT2D eigenvalue weighted by atomic mass is 35.5. The Balaban J connectivity index is 2.40. The SMILES string of the molecule is Cc1cc(C#N)cc(Nc2cc(C(F)(F)F)ccc2Cl)n1. The van der Waals surface area contributed by atoms with Crippen LogP contribution in [0.25, 0.3) is 0 Å². The van der Waals surface area contributed by atoms with E-state index < -0.39 is 11.7 Å². The van der Waals surface area contributed by atoms with E-state index in [2.05, 4.69) is 10.3 Å². The number of hydrogen-bond acceptors (Lipinski definition) is 3. The third kappa shape index (κ3) is 3.64. The minimum Gasteiger partial charge on any atom is -0.339 e. The van der Waals surface area contributed by atoms with E-state index in [1.54, 1.807) is 13.0 Å². The van der Waals surface area contributed by atoms with Gasteiger partial charge in [-0.05, 0) is 37.3 Å². The maximum Gasteiger partial charge on any atom is 0.416 e. The van der Waals surface area contributed by atoms with E-state index in [0.717, 1.165) is 18.2 Å². The van der Waals surface area contributed by atoms with Crippen LogP contribution in [0.5, 0.6) is 0 Å². The fourth-order valence-corrected chi connectivity index (χ4v) is 1.90. The first-order chi connectivity index (χ1) is 9.79. The van der Waals surface area contributed by atoms with Crippen molar-refractivity contribution in [1.29, 1.82) is 5.26 Å². The summed E-state index contributed by atoms with van der Waals surface area (Å²) in [6, 6.07) is 7.92. The van der Waals surface area contributed by atoms with Gasteiger partial charge in [0.2, 0.25) is 0 Å². The monoisotopic (exact) mass is 311 g/mol. The van der Waals surface area contributed by atoms with Crippen LogP contribution in [0.1, 0.15) is 16.8 Å². The summed E-state index contributed by atoms with van der Waals surface area (Å²) in [7, 11) is 0. The smallest absolute Gasteiger partial charge is 0.339 e. The number of anilines is 2. The van der Waals surface area contributed by atoms with Crippen LogP contribution in [0, 0.1) is 18.3 Å². The first kappa shape index (κ1) is 15.1. The van der Waals surface area contributed by atoms with Crippen LogP contribution < -0.4 is 5.32 Å². The van der Waals surface area contributed by atoms with Crippen molar-refractivity contribution in [2.24, 2.45) is 0 Å². The molecule has 0 unspecified atom stereocenters. The zero-order valence-corrected chi connectivity index (χ0v) is 11.5. The molecule has 3 nitrogen and oxygen atoms in total. The first-order valence-corrected chi connectivity index (χ1v) is 6.20. The number of benzene rings is 1. The Hall–Kier alpha value is -2.26. The van der Waals surface area contributed by atoms with Crippen molar-refractivity contribution in [1.82, 2.24) is 4.98 Å². The second kappa shape index (κ2) is 5.62. The van der Waals surface area contributed by atoms with Gasteiger partial charge in [0.25, 0.3) is 0 Å². The van der Waals surface area contributed by atoms with Gasteiger partial charge < -0.3 is 5.32 Å². The highest BCUT2D eigenvalue weighted by molar-refractivity contribution is 6.33. The van der Waals surface area contributed by atoms with Crippen LogP contribution in [-0.4, -0.2) is 4.98 Å². The van der Waals surface area contributed by atoms with Gasteiger partial charge in [-0.15, -0.1) is 0 Å². The molecule has 0 amide bonds. The second-order valence-corrected chi connectivity index (χ2v) is 4.72. The van der Waals surface area contributed by atoms with Crippen molar-refractivity contribution >= 4 is 23.1 Å². The molecule has 1 aromatic carbocycles. The van der Waals surface area contributed by atoms with Crippen LogP contribution in [-0.2, 0) is 6.18 Å². The standard InChI is InChI=1S/C14H9ClF3N3/c1-8-4-9(7-19)5-13(20-8)21-12-6-10(14(16,17)18)2-3-11(12)15/h2-6H,1H3,(H,20,21). The lowest BCUT2D eigenvalue weighted by molar-refractivity contribution is -0.137. The number of hydrogen-bond donors (Lipinski definition) is 1. The molecule has 0 aliphatic heterocycles. The average molecular weight is 312 g/mol. The van der Waals surface area contributed by atoms with Crippen molar-refractivity contribution in [3.8, 4) is 6.07 Å². The second-order valence-electron chi connectivity index (χ2n) is 4.31. The molecular weight excluding hydrogens is 303 g/mol.